The minimum Gasteiger partial charge on any atom is -0.221 e. The third kappa shape index (κ3) is 3.29. The topological polar surface area (TPSA) is 43.4 Å². The Hall–Kier alpha value is -0.930. The summed E-state index contributed by atoms with van der Waals surface area (Å²) >= 11 is 0. The number of halogens is 12. The van der Waals surface area contributed by atoms with Gasteiger partial charge in [-0.05, 0) is 0 Å². The molecule has 0 saturated heterocycles. The van der Waals surface area contributed by atoms with Crippen LogP contribution in [0.5, 0.6) is 0 Å². The lowest BCUT2D eigenvalue weighted by atomic mass is 10.1. The summed E-state index contributed by atoms with van der Waals surface area (Å²) < 4.78 is 166. The first-order valence-electron chi connectivity index (χ1n) is 3.93. The first-order chi connectivity index (χ1) is 8.71. The first-order valence-corrected chi connectivity index (χ1v) is 5.31. The lowest BCUT2D eigenvalue weighted by Crippen LogP contribution is -2.65. The molecule has 0 aromatic carbocycles. The Bertz CT molecular complexity index is 490. The quantitative estimate of drug-likeness (QED) is 0.553. The highest BCUT2D eigenvalue weighted by atomic mass is 32.3. The first kappa shape index (κ1) is 20.1. The van der Waals surface area contributed by atoms with E-state index in [2.05, 4.69) is 0 Å². The number of rotatable bonds is 5. The summed E-state index contributed by atoms with van der Waals surface area (Å²) in [5, 5.41) is -7.46. The van der Waals surface area contributed by atoms with Crippen molar-refractivity contribution < 1.29 is 65.3 Å². The molecule has 0 aromatic rings. The Morgan fingerprint density at radius 2 is 1.00 bits per heavy atom. The van der Waals surface area contributed by atoms with Crippen molar-refractivity contribution in [3.05, 3.63) is 0 Å². The Morgan fingerprint density at radius 3 is 1.24 bits per heavy atom. The third-order valence-electron chi connectivity index (χ3n) is 1.68. The SMILES string of the molecule is O=S(=O)(F)C(F)(F)C(F)(F)C(F)(F)C(F)(F)OC(F)(F)F. The van der Waals surface area contributed by atoms with Crippen LogP contribution in [0.25, 0.3) is 0 Å². The van der Waals surface area contributed by atoms with Gasteiger partial charge in [0.1, 0.15) is 0 Å². The molecule has 0 radical (unpaired) electrons. The van der Waals surface area contributed by atoms with Crippen LogP contribution < -0.4 is 0 Å². The summed E-state index contributed by atoms with van der Waals surface area (Å²) in [6.07, 6.45) is -14.0. The molecule has 0 rings (SSSR count). The number of hydrogen-bond donors (Lipinski definition) is 0. The molecule has 0 amide bonds. The normalized spacial score (nSPS) is 16.2. The van der Waals surface area contributed by atoms with E-state index in [0.29, 0.717) is 0 Å². The third-order valence-corrected chi connectivity index (χ3v) is 2.54. The maximum absolute atomic E-state index is 12.5. The summed E-state index contributed by atoms with van der Waals surface area (Å²) in [6.45, 7) is 0. The fraction of sp³-hybridized carbons (Fsp3) is 1.00. The molecule has 0 bridgehead atoms. The molecule has 3 nitrogen and oxygen atoms in total. The van der Waals surface area contributed by atoms with Crippen LogP contribution >= 0.6 is 0 Å². The van der Waals surface area contributed by atoms with Gasteiger partial charge in [0.05, 0.1) is 0 Å². The van der Waals surface area contributed by atoms with E-state index in [4.69, 9.17) is 0 Å². The Labute approximate surface area is 106 Å². The maximum Gasteiger partial charge on any atom is 0.527 e. The largest absolute Gasteiger partial charge is 0.527 e. The highest BCUT2D eigenvalue weighted by Crippen LogP contribution is 2.55. The Kier molecular flexibility index (Phi) is 4.57. The zero-order chi connectivity index (χ0) is 17.7. The van der Waals surface area contributed by atoms with Gasteiger partial charge < -0.3 is 0 Å². The van der Waals surface area contributed by atoms with Crippen LogP contribution in [-0.2, 0) is 15.0 Å². The van der Waals surface area contributed by atoms with E-state index in [-0.39, 0.29) is 0 Å². The van der Waals surface area contributed by atoms with Gasteiger partial charge in [-0.25, -0.2) is 4.74 Å². The van der Waals surface area contributed by atoms with Crippen LogP contribution in [0.2, 0.25) is 0 Å². The summed E-state index contributed by atoms with van der Waals surface area (Å²) in [4.78, 5) is 0. The van der Waals surface area contributed by atoms with Gasteiger partial charge in [-0.2, -0.15) is 43.5 Å². The molecule has 0 aliphatic rings. The van der Waals surface area contributed by atoms with Gasteiger partial charge in [0.2, 0.25) is 0 Å². The van der Waals surface area contributed by atoms with Gasteiger partial charge in [0.15, 0.2) is 0 Å². The van der Waals surface area contributed by atoms with Crippen molar-refractivity contribution in [3.8, 4) is 0 Å². The van der Waals surface area contributed by atoms with E-state index in [1.54, 1.807) is 0 Å². The number of hydrogen-bond acceptors (Lipinski definition) is 3. The molecule has 0 heterocycles. The van der Waals surface area contributed by atoms with Gasteiger partial charge in [-0.1, -0.05) is 3.89 Å². The lowest BCUT2D eigenvalue weighted by molar-refractivity contribution is -0.492. The van der Waals surface area contributed by atoms with Crippen molar-refractivity contribution >= 4 is 10.2 Å². The highest BCUT2D eigenvalue weighted by molar-refractivity contribution is 7.87. The van der Waals surface area contributed by atoms with Gasteiger partial charge in [0.25, 0.3) is 0 Å². The predicted octanol–water partition coefficient (Wildman–Crippen LogP) is 3.28. The Balaban J connectivity index is 6.01. The highest BCUT2D eigenvalue weighted by Gasteiger charge is 2.86. The molecule has 21 heavy (non-hydrogen) atoms. The van der Waals surface area contributed by atoms with E-state index in [1.165, 1.54) is 4.74 Å². The second-order valence-corrected chi connectivity index (χ2v) is 4.56. The van der Waals surface area contributed by atoms with E-state index in [0.717, 1.165) is 0 Å². The molecule has 0 fully saturated rings. The van der Waals surface area contributed by atoms with Crippen molar-refractivity contribution in [2.45, 2.75) is 29.6 Å². The number of alkyl halides is 11. The molecular weight excluding hydrogens is 368 g/mol. The predicted molar refractivity (Wildman–Crippen MR) is 37.0 cm³/mol. The summed E-state index contributed by atoms with van der Waals surface area (Å²) in [7, 11) is -7.88. The molecular formula is C5F12O3S. The second-order valence-electron chi connectivity index (χ2n) is 3.17. The fourth-order valence-electron chi connectivity index (χ4n) is 0.728. The van der Waals surface area contributed by atoms with Crippen molar-refractivity contribution in [2.24, 2.45) is 0 Å². The number of ether oxygens (including phenoxy) is 1. The van der Waals surface area contributed by atoms with Gasteiger partial charge in [0, 0.05) is 0 Å². The summed E-state index contributed by atoms with van der Waals surface area (Å²) in [6, 6.07) is 0. The molecule has 0 saturated carbocycles. The summed E-state index contributed by atoms with van der Waals surface area (Å²) in [5.74, 6) is -15.5. The molecule has 0 atom stereocenters. The standard InChI is InChI=1S/C5F12O3S/c6-1(7,3(10,11)20-5(14,15)16)2(8,9)4(12,13)21(17,18)19. The van der Waals surface area contributed by atoms with E-state index >= 15 is 0 Å². The average molecular weight is 368 g/mol. The second kappa shape index (κ2) is 4.79. The van der Waals surface area contributed by atoms with Crippen molar-refractivity contribution in [3.63, 3.8) is 0 Å². The van der Waals surface area contributed by atoms with Gasteiger partial charge in [-0.3, -0.25) is 0 Å². The van der Waals surface area contributed by atoms with Gasteiger partial charge in [-0.15, -0.1) is 13.2 Å². The monoisotopic (exact) mass is 368 g/mol. The minimum absolute atomic E-state index is 1.27. The van der Waals surface area contributed by atoms with Crippen molar-refractivity contribution in [1.29, 1.82) is 0 Å². The fourth-order valence-corrected chi connectivity index (χ4v) is 1.16. The average Bonchev–Trinajstić information content (AvgIpc) is 2.10. The molecule has 0 unspecified atom stereocenters. The molecule has 0 N–H and O–H groups in total. The molecule has 0 aliphatic carbocycles. The van der Waals surface area contributed by atoms with Crippen molar-refractivity contribution in [2.75, 3.05) is 0 Å². The molecule has 16 heteroatoms. The molecule has 0 spiro atoms. The van der Waals surface area contributed by atoms with Crippen LogP contribution in [-0.4, -0.2) is 38.0 Å². The zero-order valence-corrected chi connectivity index (χ0v) is 9.49. The van der Waals surface area contributed by atoms with Crippen LogP contribution in [0.3, 0.4) is 0 Å². The van der Waals surface area contributed by atoms with E-state index in [1.807, 2.05) is 0 Å². The van der Waals surface area contributed by atoms with Crippen molar-refractivity contribution in [1.82, 2.24) is 0 Å². The Morgan fingerprint density at radius 1 is 0.667 bits per heavy atom. The van der Waals surface area contributed by atoms with Crippen LogP contribution in [0.4, 0.5) is 52.2 Å². The lowest BCUT2D eigenvalue weighted by Gasteiger charge is -2.34. The van der Waals surface area contributed by atoms with Crippen LogP contribution in [0, 0.1) is 0 Å². The van der Waals surface area contributed by atoms with Crippen LogP contribution in [0.15, 0.2) is 0 Å². The zero-order valence-electron chi connectivity index (χ0n) is 8.67. The smallest absolute Gasteiger partial charge is 0.221 e. The van der Waals surface area contributed by atoms with E-state index in [9.17, 15) is 60.6 Å². The molecule has 0 aromatic heterocycles. The summed E-state index contributed by atoms with van der Waals surface area (Å²) in [5.41, 5.74) is 0. The van der Waals surface area contributed by atoms with Gasteiger partial charge >= 0.3 is 39.8 Å². The van der Waals surface area contributed by atoms with Crippen LogP contribution in [0.1, 0.15) is 0 Å². The molecule has 0 aliphatic heterocycles. The van der Waals surface area contributed by atoms with E-state index < -0.39 is 39.8 Å². The minimum atomic E-state index is -7.88. The molecule has 128 valence electrons. The maximum atomic E-state index is 12.5.